The van der Waals surface area contributed by atoms with Crippen LogP contribution in [0.15, 0.2) is 12.3 Å². The summed E-state index contributed by atoms with van der Waals surface area (Å²) < 4.78 is 0. The van der Waals surface area contributed by atoms with Crippen LogP contribution in [0.2, 0.25) is 0 Å². The van der Waals surface area contributed by atoms with E-state index in [1.54, 1.807) is 33.3 Å². The van der Waals surface area contributed by atoms with Crippen LogP contribution in [0.1, 0.15) is 12.5 Å². The lowest BCUT2D eigenvalue weighted by Crippen LogP contribution is -2.36. The molecule has 0 saturated heterocycles. The van der Waals surface area contributed by atoms with Crippen LogP contribution >= 0.6 is 0 Å². The number of carbonyl (C=O) groups excluding carboxylic acids is 1. The number of aryl methyl sites for hydroxylation is 1. The summed E-state index contributed by atoms with van der Waals surface area (Å²) in [6.07, 6.45) is 1.69. The second-order valence-electron chi connectivity index (χ2n) is 4.02. The molecule has 1 aromatic heterocycles. The van der Waals surface area contributed by atoms with Gasteiger partial charge in [-0.2, -0.15) is 0 Å². The Morgan fingerprint density at radius 2 is 2.19 bits per heavy atom. The number of nitrogens with one attached hydrogen (secondary N) is 1. The Hall–Kier alpha value is -1.78. The Balaban J connectivity index is 2.73. The Bertz CT molecular complexity index is 390. The molecule has 0 aromatic carbocycles. The van der Waals surface area contributed by atoms with Crippen molar-refractivity contribution in [1.29, 1.82) is 0 Å². The van der Waals surface area contributed by atoms with Gasteiger partial charge in [-0.15, -0.1) is 0 Å². The maximum Gasteiger partial charge on any atom is 0.244 e. The molecule has 1 amide bonds. The summed E-state index contributed by atoms with van der Waals surface area (Å²) in [6.45, 7) is 3.68. The topological polar surface area (TPSA) is 71.2 Å². The summed E-state index contributed by atoms with van der Waals surface area (Å²) >= 11 is 0. The van der Waals surface area contributed by atoms with E-state index in [1.807, 2.05) is 6.92 Å². The van der Waals surface area contributed by atoms with Gasteiger partial charge in [-0.25, -0.2) is 4.98 Å². The number of pyridine rings is 1. The lowest BCUT2D eigenvalue weighted by Gasteiger charge is -2.18. The van der Waals surface area contributed by atoms with E-state index in [0.717, 1.165) is 5.56 Å². The lowest BCUT2D eigenvalue weighted by molar-refractivity contribution is -0.129. The predicted molar refractivity (Wildman–Crippen MR) is 65.2 cm³/mol. The third kappa shape index (κ3) is 2.85. The maximum atomic E-state index is 11.6. The van der Waals surface area contributed by atoms with Gasteiger partial charge in [0.25, 0.3) is 0 Å². The van der Waals surface area contributed by atoms with Gasteiger partial charge in [0, 0.05) is 32.0 Å². The van der Waals surface area contributed by atoms with Crippen LogP contribution in [-0.2, 0) is 4.79 Å². The highest BCUT2D eigenvalue weighted by molar-refractivity contribution is 5.83. The first-order valence-corrected chi connectivity index (χ1v) is 5.11. The highest BCUT2D eigenvalue weighted by Gasteiger charge is 2.14. The smallest absolute Gasteiger partial charge is 0.244 e. The van der Waals surface area contributed by atoms with E-state index in [2.05, 4.69) is 10.3 Å². The minimum Gasteiger partial charge on any atom is -0.398 e. The largest absolute Gasteiger partial charge is 0.398 e. The summed E-state index contributed by atoms with van der Waals surface area (Å²) in [5.74, 6) is 0.617. The summed E-state index contributed by atoms with van der Waals surface area (Å²) in [5.41, 5.74) is 7.35. The third-order valence-electron chi connectivity index (χ3n) is 2.32. The van der Waals surface area contributed by atoms with Crippen molar-refractivity contribution in [2.24, 2.45) is 0 Å². The summed E-state index contributed by atoms with van der Waals surface area (Å²) in [7, 11) is 3.44. The minimum atomic E-state index is -0.315. The van der Waals surface area contributed by atoms with E-state index in [1.165, 1.54) is 4.90 Å². The molecule has 1 atom stereocenters. The molecule has 0 saturated carbocycles. The quantitative estimate of drug-likeness (QED) is 0.795. The molecule has 3 N–H and O–H groups in total. The highest BCUT2D eigenvalue weighted by atomic mass is 16.2. The van der Waals surface area contributed by atoms with E-state index >= 15 is 0 Å². The van der Waals surface area contributed by atoms with E-state index < -0.39 is 0 Å². The van der Waals surface area contributed by atoms with Crippen molar-refractivity contribution in [2.75, 3.05) is 25.1 Å². The average molecular weight is 222 g/mol. The van der Waals surface area contributed by atoms with Crippen molar-refractivity contribution >= 4 is 17.4 Å². The van der Waals surface area contributed by atoms with Gasteiger partial charge in [-0.3, -0.25) is 4.79 Å². The Morgan fingerprint density at radius 1 is 1.56 bits per heavy atom. The zero-order valence-corrected chi connectivity index (χ0v) is 10.1. The zero-order valence-electron chi connectivity index (χ0n) is 10.1. The number of hydrogen-bond acceptors (Lipinski definition) is 4. The van der Waals surface area contributed by atoms with Crippen molar-refractivity contribution in [3.63, 3.8) is 0 Å². The second-order valence-corrected chi connectivity index (χ2v) is 4.02. The predicted octanol–water partition coefficient (Wildman–Crippen LogP) is 0.861. The molecule has 5 heteroatoms. The van der Waals surface area contributed by atoms with Gasteiger partial charge in [-0.05, 0) is 19.4 Å². The standard InChI is InChI=1S/C11H18N4O/c1-7-6-13-10(5-9(7)12)14-8(2)11(16)15(3)4/h5-6,8H,1-4H3,(H3,12,13,14). The molecule has 0 aliphatic heterocycles. The number of nitrogens with two attached hydrogens (primary N) is 1. The van der Waals surface area contributed by atoms with Crippen LogP contribution in [0, 0.1) is 6.92 Å². The zero-order chi connectivity index (χ0) is 12.3. The van der Waals surface area contributed by atoms with Crippen LogP contribution < -0.4 is 11.1 Å². The van der Waals surface area contributed by atoms with E-state index in [9.17, 15) is 4.79 Å². The summed E-state index contributed by atoms with van der Waals surface area (Å²) in [4.78, 5) is 17.3. The molecular formula is C11H18N4O. The number of anilines is 2. The van der Waals surface area contributed by atoms with Crippen LogP contribution in [0.5, 0.6) is 0 Å². The number of likely N-dealkylation sites (N-methyl/N-ethyl adjacent to an activating group) is 1. The number of rotatable bonds is 3. The highest BCUT2D eigenvalue weighted by Crippen LogP contribution is 2.14. The molecule has 1 heterocycles. The SMILES string of the molecule is Cc1cnc(NC(C)C(=O)N(C)C)cc1N. The monoisotopic (exact) mass is 222 g/mol. The van der Waals surface area contributed by atoms with Gasteiger partial charge in [0.05, 0.1) is 0 Å². The fourth-order valence-electron chi connectivity index (χ4n) is 1.29. The van der Waals surface area contributed by atoms with Crippen LogP contribution in [0.3, 0.4) is 0 Å². The molecule has 1 unspecified atom stereocenters. The van der Waals surface area contributed by atoms with Gasteiger partial charge in [0.1, 0.15) is 11.9 Å². The fourth-order valence-corrected chi connectivity index (χ4v) is 1.29. The molecule has 1 rings (SSSR count). The molecule has 0 aliphatic rings. The van der Waals surface area contributed by atoms with Crippen molar-refractivity contribution in [2.45, 2.75) is 19.9 Å². The van der Waals surface area contributed by atoms with Crippen molar-refractivity contribution in [1.82, 2.24) is 9.88 Å². The molecule has 0 aliphatic carbocycles. The Labute approximate surface area is 95.7 Å². The molecule has 16 heavy (non-hydrogen) atoms. The molecule has 0 fully saturated rings. The van der Waals surface area contributed by atoms with Gasteiger partial charge in [0.15, 0.2) is 0 Å². The van der Waals surface area contributed by atoms with Crippen LogP contribution in [0.4, 0.5) is 11.5 Å². The summed E-state index contributed by atoms with van der Waals surface area (Å²) in [6, 6.07) is 1.42. The number of hydrogen-bond donors (Lipinski definition) is 2. The van der Waals surface area contributed by atoms with Crippen molar-refractivity contribution in [3.8, 4) is 0 Å². The third-order valence-corrected chi connectivity index (χ3v) is 2.32. The van der Waals surface area contributed by atoms with Crippen molar-refractivity contribution < 1.29 is 4.79 Å². The first kappa shape index (κ1) is 12.3. The first-order chi connectivity index (χ1) is 7.41. The Morgan fingerprint density at radius 3 is 2.69 bits per heavy atom. The molecule has 0 bridgehead atoms. The van der Waals surface area contributed by atoms with Gasteiger partial charge < -0.3 is 16.0 Å². The van der Waals surface area contributed by atoms with E-state index in [-0.39, 0.29) is 11.9 Å². The number of nitrogens with zero attached hydrogens (tertiary/aromatic N) is 2. The average Bonchev–Trinajstić information content (AvgIpc) is 2.22. The maximum absolute atomic E-state index is 11.6. The van der Waals surface area contributed by atoms with Gasteiger partial charge in [-0.1, -0.05) is 0 Å². The van der Waals surface area contributed by atoms with E-state index in [0.29, 0.717) is 11.5 Å². The van der Waals surface area contributed by atoms with Crippen molar-refractivity contribution in [3.05, 3.63) is 17.8 Å². The summed E-state index contributed by atoms with van der Waals surface area (Å²) in [5, 5.41) is 3.01. The molecule has 5 nitrogen and oxygen atoms in total. The molecule has 0 radical (unpaired) electrons. The molecule has 88 valence electrons. The molecule has 0 spiro atoms. The number of nitrogen functional groups attached to an aromatic ring is 1. The molecule has 1 aromatic rings. The van der Waals surface area contributed by atoms with E-state index in [4.69, 9.17) is 5.73 Å². The normalized spacial score (nSPS) is 12.0. The van der Waals surface area contributed by atoms with Gasteiger partial charge in [0.2, 0.25) is 5.91 Å². The molecular weight excluding hydrogens is 204 g/mol. The Kier molecular flexibility index (Phi) is 3.71. The number of carbonyl (C=O) groups is 1. The van der Waals surface area contributed by atoms with Crippen LogP contribution in [-0.4, -0.2) is 35.9 Å². The second kappa shape index (κ2) is 4.83. The van der Waals surface area contributed by atoms with Crippen LogP contribution in [0.25, 0.3) is 0 Å². The minimum absolute atomic E-state index is 0.000876. The number of amides is 1. The van der Waals surface area contributed by atoms with Gasteiger partial charge >= 0.3 is 0 Å². The lowest BCUT2D eigenvalue weighted by atomic mass is 10.2. The number of aromatic nitrogens is 1. The fraction of sp³-hybridized carbons (Fsp3) is 0.455. The first-order valence-electron chi connectivity index (χ1n) is 5.11.